The van der Waals surface area contributed by atoms with Crippen LogP contribution in [0.2, 0.25) is 0 Å². The third-order valence-electron chi connectivity index (χ3n) is 10.7. The molecule has 2 N–H and O–H groups in total. The zero-order chi connectivity index (χ0) is 33.1. The second-order valence-corrected chi connectivity index (χ2v) is 15.2. The molecular weight excluding hydrogens is 662 g/mol. The van der Waals surface area contributed by atoms with Crippen LogP contribution in [0.15, 0.2) is 46.9 Å². The first kappa shape index (κ1) is 33.6. The molecule has 4 aliphatic rings. The Labute approximate surface area is 286 Å². The van der Waals surface area contributed by atoms with Crippen LogP contribution in [-0.2, 0) is 22.4 Å². The number of rotatable bonds is 6. The molecule has 2 aromatic carbocycles. The fourth-order valence-electron chi connectivity index (χ4n) is 7.51. The Morgan fingerprint density at radius 2 is 1.60 bits per heavy atom. The minimum atomic E-state index is -0.973. The van der Waals surface area contributed by atoms with Crippen molar-refractivity contribution >= 4 is 39.6 Å². The summed E-state index contributed by atoms with van der Waals surface area (Å²) in [6.07, 6.45) is 5.04. The summed E-state index contributed by atoms with van der Waals surface area (Å²) in [6, 6.07) is 13.4. The van der Waals surface area contributed by atoms with E-state index in [9.17, 15) is 19.5 Å². The summed E-state index contributed by atoms with van der Waals surface area (Å²) in [5, 5.41) is 13.1. The maximum atomic E-state index is 14.0. The van der Waals surface area contributed by atoms with Gasteiger partial charge in [-0.15, -0.1) is 0 Å². The number of para-hydroxylation sites is 1. The lowest BCUT2D eigenvalue weighted by Gasteiger charge is -2.44. The molecular formula is C36H48BrN5O5. The molecule has 0 spiro atoms. The van der Waals surface area contributed by atoms with E-state index in [-0.39, 0.29) is 30.2 Å². The molecule has 4 amide bonds. The summed E-state index contributed by atoms with van der Waals surface area (Å²) < 4.78 is 6.55. The van der Waals surface area contributed by atoms with Gasteiger partial charge >= 0.3 is 12.1 Å². The molecule has 2 aromatic rings. The molecule has 3 fully saturated rings. The molecule has 11 heteroatoms. The van der Waals surface area contributed by atoms with Gasteiger partial charge in [-0.05, 0) is 109 Å². The average molecular weight is 711 g/mol. The van der Waals surface area contributed by atoms with Crippen LogP contribution in [0.25, 0.3) is 0 Å². The average Bonchev–Trinajstić information content (AvgIpc) is 3.24. The highest BCUT2D eigenvalue weighted by molar-refractivity contribution is 9.10. The Balaban J connectivity index is 1.06. The molecule has 10 nitrogen and oxygen atoms in total. The topological polar surface area (TPSA) is 106 Å². The minimum absolute atomic E-state index is 0.0207. The van der Waals surface area contributed by atoms with E-state index in [1.165, 1.54) is 12.8 Å². The van der Waals surface area contributed by atoms with E-state index in [1.54, 1.807) is 23.1 Å². The van der Waals surface area contributed by atoms with E-state index >= 15 is 0 Å². The number of hydrogen-bond acceptors (Lipinski definition) is 6. The second-order valence-electron chi connectivity index (χ2n) is 14.4. The summed E-state index contributed by atoms with van der Waals surface area (Å²) in [6.45, 7) is 9.71. The van der Waals surface area contributed by atoms with Gasteiger partial charge in [0.25, 0.3) is 5.91 Å². The van der Waals surface area contributed by atoms with Crippen LogP contribution in [0, 0.1) is 5.41 Å². The van der Waals surface area contributed by atoms with Gasteiger partial charge in [-0.2, -0.15) is 0 Å². The molecule has 6 rings (SSSR count). The third kappa shape index (κ3) is 8.05. The zero-order valence-electron chi connectivity index (χ0n) is 27.6. The van der Waals surface area contributed by atoms with Crippen LogP contribution in [0.5, 0.6) is 5.75 Å². The Morgan fingerprint density at radius 1 is 0.936 bits per heavy atom. The lowest BCUT2D eigenvalue weighted by atomic mass is 9.82. The van der Waals surface area contributed by atoms with Gasteiger partial charge in [0.2, 0.25) is 0 Å². The number of nitrogens with one attached hydrogen (secondary N) is 1. The number of carbonyl (C=O) groups is 3. The molecule has 254 valence electrons. The standard InChI is InChI=1S/C36H48BrN5O5/c1-36(2)14-21-39(22-15-36)27-10-16-40(17-11-27)33(44)32(24-25-7-8-31(43)29(37)23-25)47-35(46)41-18-12-28(13-19-41)42-20-9-26-5-3-4-6-30(26)38-34(42)45/h3-8,23,27-28,32,43H,9-22,24H2,1-2H3,(H,38,45)/t32-/m1/s1. The van der Waals surface area contributed by atoms with Crippen LogP contribution >= 0.6 is 15.9 Å². The lowest BCUT2D eigenvalue weighted by Crippen LogP contribution is -2.53. The summed E-state index contributed by atoms with van der Waals surface area (Å²) in [7, 11) is 0. The van der Waals surface area contributed by atoms with E-state index < -0.39 is 12.2 Å². The van der Waals surface area contributed by atoms with Crippen molar-refractivity contribution in [1.29, 1.82) is 0 Å². The number of anilines is 1. The fraction of sp³-hybridized carbons (Fsp3) is 0.583. The van der Waals surface area contributed by atoms with E-state index in [0.717, 1.165) is 49.2 Å². The molecule has 47 heavy (non-hydrogen) atoms. The van der Waals surface area contributed by atoms with Crippen LogP contribution in [0.4, 0.5) is 15.3 Å². The molecule has 0 unspecified atom stereocenters. The van der Waals surface area contributed by atoms with Gasteiger partial charge in [-0.25, -0.2) is 9.59 Å². The third-order valence-corrected chi connectivity index (χ3v) is 11.3. The zero-order valence-corrected chi connectivity index (χ0v) is 29.2. The molecule has 0 saturated carbocycles. The number of fused-ring (bicyclic) bond motifs is 1. The number of carbonyl (C=O) groups excluding carboxylic acids is 3. The molecule has 4 heterocycles. The molecule has 0 aliphatic carbocycles. The van der Waals surface area contributed by atoms with Crippen molar-refractivity contribution in [2.45, 2.75) is 83.4 Å². The van der Waals surface area contributed by atoms with Gasteiger partial charge in [-0.1, -0.05) is 38.1 Å². The quantitative estimate of drug-likeness (QED) is 0.389. The van der Waals surface area contributed by atoms with Crippen molar-refractivity contribution in [2.24, 2.45) is 5.41 Å². The van der Waals surface area contributed by atoms with Crippen LogP contribution in [-0.4, -0.2) is 107 Å². The molecule has 0 bridgehead atoms. The van der Waals surface area contributed by atoms with Gasteiger partial charge in [0, 0.05) is 56.9 Å². The van der Waals surface area contributed by atoms with Crippen LogP contribution in [0.3, 0.4) is 0 Å². The van der Waals surface area contributed by atoms with Crippen molar-refractivity contribution in [1.82, 2.24) is 19.6 Å². The van der Waals surface area contributed by atoms with Gasteiger partial charge in [0.05, 0.1) is 4.47 Å². The second kappa shape index (κ2) is 14.4. The first-order chi connectivity index (χ1) is 22.6. The smallest absolute Gasteiger partial charge is 0.410 e. The molecule has 0 aromatic heterocycles. The first-order valence-corrected chi connectivity index (χ1v) is 18.0. The Bertz CT molecular complexity index is 1440. The highest BCUT2D eigenvalue weighted by atomic mass is 79.9. The molecule has 3 saturated heterocycles. The number of amides is 4. The van der Waals surface area contributed by atoms with Crippen molar-refractivity contribution < 1.29 is 24.2 Å². The molecule has 0 radical (unpaired) electrons. The number of benzene rings is 2. The normalized spacial score (nSPS) is 21.9. The molecule has 4 aliphatic heterocycles. The maximum absolute atomic E-state index is 14.0. The number of aromatic hydroxyl groups is 1. The highest BCUT2D eigenvalue weighted by Crippen LogP contribution is 2.33. The van der Waals surface area contributed by atoms with E-state index in [2.05, 4.69) is 40.0 Å². The fourth-order valence-corrected chi connectivity index (χ4v) is 7.94. The Morgan fingerprint density at radius 3 is 2.30 bits per heavy atom. The van der Waals surface area contributed by atoms with Crippen LogP contribution < -0.4 is 5.32 Å². The van der Waals surface area contributed by atoms with Gasteiger partial charge in [-0.3, -0.25) is 4.79 Å². The van der Waals surface area contributed by atoms with Crippen molar-refractivity contribution in [3.63, 3.8) is 0 Å². The summed E-state index contributed by atoms with van der Waals surface area (Å²) >= 11 is 3.37. The number of hydrogen-bond donors (Lipinski definition) is 2. The number of urea groups is 1. The number of ether oxygens (including phenoxy) is 1. The summed E-state index contributed by atoms with van der Waals surface area (Å²) in [4.78, 5) is 48.6. The monoisotopic (exact) mass is 709 g/mol. The summed E-state index contributed by atoms with van der Waals surface area (Å²) in [5.41, 5.74) is 3.17. The summed E-state index contributed by atoms with van der Waals surface area (Å²) in [5.74, 6) is -0.0573. The number of halogens is 1. The maximum Gasteiger partial charge on any atom is 0.410 e. The van der Waals surface area contributed by atoms with Gasteiger partial charge < -0.3 is 34.8 Å². The van der Waals surface area contributed by atoms with E-state index in [1.807, 2.05) is 34.1 Å². The van der Waals surface area contributed by atoms with Gasteiger partial charge in [0.1, 0.15) is 5.75 Å². The van der Waals surface area contributed by atoms with E-state index in [0.29, 0.717) is 61.5 Å². The lowest BCUT2D eigenvalue weighted by molar-refractivity contribution is -0.142. The largest absolute Gasteiger partial charge is 0.507 e. The van der Waals surface area contributed by atoms with Crippen molar-refractivity contribution in [3.05, 3.63) is 58.1 Å². The predicted molar refractivity (Wildman–Crippen MR) is 184 cm³/mol. The van der Waals surface area contributed by atoms with Crippen molar-refractivity contribution in [2.75, 3.05) is 51.1 Å². The number of phenols is 1. The number of nitrogens with zero attached hydrogens (tertiary/aromatic N) is 4. The van der Waals surface area contributed by atoms with E-state index in [4.69, 9.17) is 4.74 Å². The number of likely N-dealkylation sites (tertiary alicyclic amines) is 3. The SMILES string of the molecule is CC1(C)CCN(C2CCN(C(=O)[C@@H](Cc3ccc(O)c(Br)c3)OC(=O)N3CCC(N4CCc5ccccc5NC4=O)CC3)CC2)CC1. The highest BCUT2D eigenvalue weighted by Gasteiger charge is 2.37. The Hall–Kier alpha value is -3.31. The first-order valence-electron chi connectivity index (χ1n) is 17.2. The Kier molecular flexibility index (Phi) is 10.3. The number of piperidine rings is 3. The van der Waals surface area contributed by atoms with Crippen LogP contribution in [0.1, 0.15) is 63.5 Å². The molecule has 1 atom stereocenters. The predicted octanol–water partition coefficient (Wildman–Crippen LogP) is 5.87. The minimum Gasteiger partial charge on any atom is -0.507 e. The van der Waals surface area contributed by atoms with Gasteiger partial charge in [0.15, 0.2) is 6.10 Å². The van der Waals surface area contributed by atoms with Crippen molar-refractivity contribution in [3.8, 4) is 5.75 Å². The number of phenolic OH excluding ortho intramolecular Hbond substituents is 1.